The molecule has 0 fully saturated rings. The summed E-state index contributed by atoms with van der Waals surface area (Å²) in [7, 11) is 0. The van der Waals surface area contributed by atoms with Gasteiger partial charge in [0, 0.05) is 5.10 Å². The monoisotopic (exact) mass is 114 g/mol. The largest absolute Gasteiger partial charge is 0.365 e. The number of hydrazone groups is 1. The Kier molecular flexibility index (Phi) is 1.11. The van der Waals surface area contributed by atoms with Crippen LogP contribution >= 0.6 is 0 Å². The molecule has 0 amide bonds. The molecule has 0 bridgehead atoms. The molecular formula is C3H4N3O2. The van der Waals surface area contributed by atoms with Gasteiger partial charge in [-0.3, -0.25) is 0 Å². The molecular weight excluding hydrogens is 110 g/mol. The van der Waals surface area contributed by atoms with Crippen molar-refractivity contribution in [2.75, 3.05) is 0 Å². The van der Waals surface area contributed by atoms with Crippen molar-refractivity contribution in [3.05, 3.63) is 16.7 Å². The number of rotatable bonds is 0. The van der Waals surface area contributed by atoms with Crippen LogP contribution in [-0.4, -0.2) is 10.8 Å². The Morgan fingerprint density at radius 2 is 2.75 bits per heavy atom. The smallest absolute Gasteiger partial charge is 0.358 e. The second-order valence-electron chi connectivity index (χ2n) is 1.32. The molecule has 1 aliphatic rings. The Bertz CT molecular complexity index is 141. The summed E-state index contributed by atoms with van der Waals surface area (Å²) < 4.78 is 0. The van der Waals surface area contributed by atoms with Gasteiger partial charge < -0.3 is 10.1 Å². The Morgan fingerprint density at radius 1 is 2.00 bits per heavy atom. The fourth-order valence-electron chi connectivity index (χ4n) is 0.418. The number of hydrogen-bond acceptors (Lipinski definition) is 4. The van der Waals surface area contributed by atoms with Crippen molar-refractivity contribution in [1.82, 2.24) is 5.43 Å². The normalized spacial score (nSPS) is 17.2. The van der Waals surface area contributed by atoms with Gasteiger partial charge in [-0.1, -0.05) is 0 Å². The SMILES string of the molecule is O=[N+]([O-])C1=NN[CH]C1. The first kappa shape index (κ1) is 5.02. The average Bonchev–Trinajstić information content (AvgIpc) is 2.12. The summed E-state index contributed by atoms with van der Waals surface area (Å²) in [4.78, 5) is 9.31. The first-order chi connectivity index (χ1) is 3.80. The van der Waals surface area contributed by atoms with E-state index in [1.54, 1.807) is 0 Å². The average molecular weight is 114 g/mol. The van der Waals surface area contributed by atoms with Gasteiger partial charge >= 0.3 is 5.84 Å². The molecule has 0 atom stereocenters. The van der Waals surface area contributed by atoms with Crippen LogP contribution in [0.25, 0.3) is 0 Å². The number of nitro groups is 1. The summed E-state index contributed by atoms with van der Waals surface area (Å²) in [5.74, 6) is -0.0231. The minimum absolute atomic E-state index is 0.0231. The Hall–Kier alpha value is -1.13. The molecule has 1 aliphatic heterocycles. The van der Waals surface area contributed by atoms with Gasteiger partial charge in [0.25, 0.3) is 0 Å². The highest BCUT2D eigenvalue weighted by Gasteiger charge is 2.17. The number of amidine groups is 1. The van der Waals surface area contributed by atoms with Crippen molar-refractivity contribution in [1.29, 1.82) is 0 Å². The summed E-state index contributed by atoms with van der Waals surface area (Å²) >= 11 is 0. The molecule has 0 aliphatic carbocycles. The predicted octanol–water partition coefficient (Wildman–Crippen LogP) is -0.268. The van der Waals surface area contributed by atoms with Crippen LogP contribution in [0.15, 0.2) is 5.10 Å². The molecule has 0 aromatic carbocycles. The molecule has 8 heavy (non-hydrogen) atoms. The van der Waals surface area contributed by atoms with Crippen molar-refractivity contribution in [3.63, 3.8) is 0 Å². The molecule has 0 aromatic heterocycles. The van der Waals surface area contributed by atoms with Crippen molar-refractivity contribution < 1.29 is 4.92 Å². The molecule has 0 spiro atoms. The maximum absolute atomic E-state index is 9.82. The van der Waals surface area contributed by atoms with Gasteiger partial charge in [0.1, 0.15) is 6.54 Å². The van der Waals surface area contributed by atoms with Crippen LogP contribution < -0.4 is 5.43 Å². The van der Waals surface area contributed by atoms with E-state index in [1.807, 2.05) is 0 Å². The lowest BCUT2D eigenvalue weighted by atomic mass is 10.4. The minimum atomic E-state index is -0.503. The highest BCUT2D eigenvalue weighted by atomic mass is 16.6. The lowest BCUT2D eigenvalue weighted by Gasteiger charge is -1.84. The van der Waals surface area contributed by atoms with E-state index in [0.717, 1.165) is 0 Å². The first-order valence-electron chi connectivity index (χ1n) is 2.09. The lowest BCUT2D eigenvalue weighted by Crippen LogP contribution is -2.07. The van der Waals surface area contributed by atoms with E-state index in [4.69, 9.17) is 0 Å². The first-order valence-corrected chi connectivity index (χ1v) is 2.09. The fraction of sp³-hybridized carbons (Fsp3) is 0.333. The van der Waals surface area contributed by atoms with Crippen LogP contribution in [0.1, 0.15) is 6.42 Å². The summed E-state index contributed by atoms with van der Waals surface area (Å²) in [6.45, 7) is 1.53. The molecule has 5 nitrogen and oxygen atoms in total. The van der Waals surface area contributed by atoms with E-state index in [-0.39, 0.29) is 5.84 Å². The topological polar surface area (TPSA) is 67.5 Å². The molecule has 1 heterocycles. The summed E-state index contributed by atoms with van der Waals surface area (Å²) in [5.41, 5.74) is 2.37. The highest BCUT2D eigenvalue weighted by molar-refractivity contribution is 5.76. The second kappa shape index (κ2) is 1.77. The Balaban J connectivity index is 2.57. The van der Waals surface area contributed by atoms with Crippen LogP contribution in [0.4, 0.5) is 0 Å². The molecule has 1 N–H and O–H groups in total. The van der Waals surface area contributed by atoms with Gasteiger partial charge in [-0.25, -0.2) is 5.43 Å². The molecule has 1 rings (SSSR count). The van der Waals surface area contributed by atoms with E-state index in [1.165, 1.54) is 6.54 Å². The van der Waals surface area contributed by atoms with Gasteiger partial charge in [0.2, 0.25) is 0 Å². The van der Waals surface area contributed by atoms with Gasteiger partial charge in [-0.05, 0) is 4.92 Å². The van der Waals surface area contributed by atoms with E-state index in [0.29, 0.717) is 6.42 Å². The third-order valence-electron chi connectivity index (χ3n) is 0.780. The van der Waals surface area contributed by atoms with Crippen molar-refractivity contribution >= 4 is 5.84 Å². The molecule has 0 unspecified atom stereocenters. The zero-order valence-corrected chi connectivity index (χ0v) is 4.00. The second-order valence-corrected chi connectivity index (χ2v) is 1.32. The fourth-order valence-corrected chi connectivity index (χ4v) is 0.418. The summed E-state index contributed by atoms with van der Waals surface area (Å²) in [6, 6.07) is 0. The molecule has 1 radical (unpaired) electrons. The van der Waals surface area contributed by atoms with Crippen molar-refractivity contribution in [3.8, 4) is 0 Å². The zero-order valence-electron chi connectivity index (χ0n) is 4.00. The van der Waals surface area contributed by atoms with Gasteiger partial charge in [-0.2, -0.15) is 0 Å². The van der Waals surface area contributed by atoms with Crippen LogP contribution in [0.5, 0.6) is 0 Å². The number of hydrogen-bond donors (Lipinski definition) is 1. The van der Waals surface area contributed by atoms with E-state index >= 15 is 0 Å². The zero-order chi connectivity index (χ0) is 5.98. The minimum Gasteiger partial charge on any atom is -0.358 e. The Labute approximate surface area is 45.5 Å². The van der Waals surface area contributed by atoms with Gasteiger partial charge in [-0.15, -0.1) is 0 Å². The van der Waals surface area contributed by atoms with Gasteiger partial charge in [0.15, 0.2) is 0 Å². The molecule has 43 valence electrons. The summed E-state index contributed by atoms with van der Waals surface area (Å²) in [6.07, 6.45) is 0.312. The molecule has 0 saturated heterocycles. The third-order valence-corrected chi connectivity index (χ3v) is 0.780. The van der Waals surface area contributed by atoms with E-state index in [9.17, 15) is 10.1 Å². The summed E-state index contributed by atoms with van der Waals surface area (Å²) in [5, 5.41) is 13.2. The molecule has 0 saturated carbocycles. The van der Waals surface area contributed by atoms with Gasteiger partial charge in [0.05, 0.1) is 6.42 Å². The van der Waals surface area contributed by atoms with Crippen LogP contribution in [0, 0.1) is 16.7 Å². The lowest BCUT2D eigenvalue weighted by molar-refractivity contribution is -0.352. The number of nitrogens with zero attached hydrogens (tertiary/aromatic N) is 2. The molecule has 0 aromatic rings. The number of nitrogens with one attached hydrogen (secondary N) is 1. The van der Waals surface area contributed by atoms with E-state index in [2.05, 4.69) is 10.5 Å². The third kappa shape index (κ3) is 0.749. The maximum atomic E-state index is 9.82. The van der Waals surface area contributed by atoms with Crippen LogP contribution in [-0.2, 0) is 0 Å². The van der Waals surface area contributed by atoms with Crippen molar-refractivity contribution in [2.24, 2.45) is 5.10 Å². The molecule has 5 heteroatoms. The predicted molar refractivity (Wildman–Crippen MR) is 26.5 cm³/mol. The standard InChI is InChI=1S/C3H4N3O2/c7-6(8)3-1-2-4-5-3/h2,4H,1H2. The Morgan fingerprint density at radius 3 is 3.00 bits per heavy atom. The van der Waals surface area contributed by atoms with Crippen LogP contribution in [0.2, 0.25) is 0 Å². The quantitative estimate of drug-likeness (QED) is 0.348. The highest BCUT2D eigenvalue weighted by Crippen LogP contribution is 1.96. The maximum Gasteiger partial charge on any atom is 0.365 e. The van der Waals surface area contributed by atoms with Crippen molar-refractivity contribution in [2.45, 2.75) is 6.42 Å². The van der Waals surface area contributed by atoms with Crippen LogP contribution in [0.3, 0.4) is 0 Å². The van der Waals surface area contributed by atoms with E-state index < -0.39 is 4.92 Å².